The van der Waals surface area contributed by atoms with Gasteiger partial charge in [-0.25, -0.2) is 4.79 Å². The van der Waals surface area contributed by atoms with E-state index in [1.807, 2.05) is 13.0 Å². The van der Waals surface area contributed by atoms with Gasteiger partial charge in [0.1, 0.15) is 0 Å². The molecule has 0 radical (unpaired) electrons. The van der Waals surface area contributed by atoms with Crippen LogP contribution in [0.2, 0.25) is 0 Å². The van der Waals surface area contributed by atoms with Crippen molar-refractivity contribution in [1.82, 2.24) is 4.57 Å². The summed E-state index contributed by atoms with van der Waals surface area (Å²) >= 11 is 5.39. The van der Waals surface area contributed by atoms with Gasteiger partial charge in [-0.3, -0.25) is 9.36 Å². The minimum atomic E-state index is -0.370. The maximum atomic E-state index is 11.5. The largest absolute Gasteiger partial charge is 0.419 e. The number of carbonyl (C=O) groups excluding carboxylic acids is 1. The van der Waals surface area contributed by atoms with Crippen LogP contribution in [-0.4, -0.2) is 16.2 Å². The van der Waals surface area contributed by atoms with Crippen LogP contribution in [0.3, 0.4) is 0 Å². The molecule has 5 heteroatoms. The molecule has 0 amide bonds. The van der Waals surface area contributed by atoms with Gasteiger partial charge in [0, 0.05) is 6.54 Å². The molecule has 2 rings (SSSR count). The normalized spacial score (nSPS) is 11.4. The molecule has 1 aromatic carbocycles. The van der Waals surface area contributed by atoms with E-state index in [9.17, 15) is 9.59 Å². The summed E-state index contributed by atoms with van der Waals surface area (Å²) in [4.78, 5) is 22.6. The van der Waals surface area contributed by atoms with E-state index in [0.29, 0.717) is 12.1 Å². The standard InChI is InChI=1S/C13H12ClNO3/c1-2-15-11-6-4-9(3-5-10(16)8-14)7-12(11)18-13(15)17/h3-7H,2,8H2,1H3. The minimum Gasteiger partial charge on any atom is -0.408 e. The topological polar surface area (TPSA) is 52.2 Å². The molecule has 0 aliphatic carbocycles. The molecule has 2 aromatic rings. The van der Waals surface area contributed by atoms with E-state index in [1.54, 1.807) is 22.8 Å². The number of benzene rings is 1. The molecular formula is C13H12ClNO3. The second-order valence-corrected chi connectivity index (χ2v) is 4.04. The molecule has 0 saturated heterocycles. The lowest BCUT2D eigenvalue weighted by atomic mass is 10.2. The Kier molecular flexibility index (Phi) is 3.67. The average Bonchev–Trinajstić information content (AvgIpc) is 2.70. The second-order valence-electron chi connectivity index (χ2n) is 3.77. The number of nitrogens with zero attached hydrogens (tertiary/aromatic N) is 1. The van der Waals surface area contributed by atoms with E-state index in [2.05, 4.69) is 0 Å². The lowest BCUT2D eigenvalue weighted by Gasteiger charge is -1.96. The summed E-state index contributed by atoms with van der Waals surface area (Å²) in [5, 5.41) is 0. The molecular weight excluding hydrogens is 254 g/mol. The number of hydrogen-bond donors (Lipinski definition) is 0. The van der Waals surface area contributed by atoms with Crippen LogP contribution in [-0.2, 0) is 11.3 Å². The van der Waals surface area contributed by atoms with Gasteiger partial charge in [-0.1, -0.05) is 12.1 Å². The van der Waals surface area contributed by atoms with Crippen LogP contribution in [0.15, 0.2) is 33.5 Å². The van der Waals surface area contributed by atoms with Gasteiger partial charge in [-0.15, -0.1) is 11.6 Å². The van der Waals surface area contributed by atoms with Crippen LogP contribution in [0.5, 0.6) is 0 Å². The maximum Gasteiger partial charge on any atom is 0.419 e. The van der Waals surface area contributed by atoms with Crippen LogP contribution in [0.25, 0.3) is 17.2 Å². The smallest absolute Gasteiger partial charge is 0.408 e. The summed E-state index contributed by atoms with van der Waals surface area (Å²) in [5.41, 5.74) is 2.06. The van der Waals surface area contributed by atoms with E-state index in [1.165, 1.54) is 6.08 Å². The highest BCUT2D eigenvalue weighted by molar-refractivity contribution is 6.29. The Balaban J connectivity index is 2.43. The first kappa shape index (κ1) is 12.6. The molecule has 4 nitrogen and oxygen atoms in total. The number of aromatic nitrogens is 1. The monoisotopic (exact) mass is 265 g/mol. The lowest BCUT2D eigenvalue weighted by Crippen LogP contribution is -2.11. The van der Waals surface area contributed by atoms with Crippen molar-refractivity contribution in [2.75, 3.05) is 5.88 Å². The average molecular weight is 266 g/mol. The van der Waals surface area contributed by atoms with E-state index in [0.717, 1.165) is 11.1 Å². The van der Waals surface area contributed by atoms with Crippen molar-refractivity contribution in [2.24, 2.45) is 0 Å². The SMILES string of the molecule is CCn1c(=O)oc2cc(C=CC(=O)CCl)ccc21. The van der Waals surface area contributed by atoms with Gasteiger partial charge >= 0.3 is 5.76 Å². The Hall–Kier alpha value is -1.81. The Bertz CT molecular complexity index is 666. The summed E-state index contributed by atoms with van der Waals surface area (Å²) < 4.78 is 6.67. The zero-order valence-corrected chi connectivity index (χ0v) is 10.6. The summed E-state index contributed by atoms with van der Waals surface area (Å²) in [6.07, 6.45) is 3.05. The molecule has 18 heavy (non-hydrogen) atoms. The number of carbonyl (C=O) groups is 1. The first-order chi connectivity index (χ1) is 8.65. The van der Waals surface area contributed by atoms with E-state index < -0.39 is 0 Å². The predicted molar refractivity (Wildman–Crippen MR) is 70.9 cm³/mol. The summed E-state index contributed by atoms with van der Waals surface area (Å²) in [6, 6.07) is 5.34. The molecule has 0 bridgehead atoms. The third-order valence-corrected chi connectivity index (χ3v) is 2.87. The number of ketones is 1. The van der Waals surface area contributed by atoms with Gasteiger partial charge in [0.25, 0.3) is 0 Å². The van der Waals surface area contributed by atoms with Crippen LogP contribution in [0.1, 0.15) is 12.5 Å². The first-order valence-corrected chi connectivity index (χ1v) is 6.09. The van der Waals surface area contributed by atoms with Gasteiger partial charge in [-0.05, 0) is 30.7 Å². The fourth-order valence-corrected chi connectivity index (χ4v) is 1.81. The van der Waals surface area contributed by atoms with Gasteiger partial charge in [0.15, 0.2) is 11.4 Å². The molecule has 1 heterocycles. The van der Waals surface area contributed by atoms with Crippen LogP contribution in [0, 0.1) is 0 Å². The van der Waals surface area contributed by atoms with Crippen molar-refractivity contribution in [3.8, 4) is 0 Å². The van der Waals surface area contributed by atoms with Crippen molar-refractivity contribution in [3.05, 3.63) is 40.4 Å². The van der Waals surface area contributed by atoms with Crippen LogP contribution >= 0.6 is 11.6 Å². The maximum absolute atomic E-state index is 11.5. The van der Waals surface area contributed by atoms with Gasteiger partial charge in [0.05, 0.1) is 11.4 Å². The number of aryl methyl sites for hydroxylation is 1. The quantitative estimate of drug-likeness (QED) is 0.630. The second kappa shape index (κ2) is 5.23. The fraction of sp³-hybridized carbons (Fsp3) is 0.231. The first-order valence-electron chi connectivity index (χ1n) is 5.56. The number of rotatable bonds is 4. The van der Waals surface area contributed by atoms with Crippen molar-refractivity contribution in [3.63, 3.8) is 0 Å². The molecule has 0 aliphatic heterocycles. The number of oxazole rings is 1. The Morgan fingerprint density at radius 3 is 2.94 bits per heavy atom. The molecule has 0 unspecified atom stereocenters. The van der Waals surface area contributed by atoms with Crippen molar-refractivity contribution < 1.29 is 9.21 Å². The Morgan fingerprint density at radius 2 is 2.28 bits per heavy atom. The predicted octanol–water partition coefficient (Wildman–Crippen LogP) is 2.44. The molecule has 1 aromatic heterocycles. The summed E-state index contributed by atoms with van der Waals surface area (Å²) in [5.74, 6) is -0.574. The fourth-order valence-electron chi connectivity index (χ4n) is 1.72. The van der Waals surface area contributed by atoms with Gasteiger partial charge in [-0.2, -0.15) is 0 Å². The molecule has 0 spiro atoms. The molecule has 0 saturated carbocycles. The number of fused-ring (bicyclic) bond motifs is 1. The molecule has 0 fully saturated rings. The van der Waals surface area contributed by atoms with Crippen LogP contribution < -0.4 is 5.76 Å². The van der Waals surface area contributed by atoms with Gasteiger partial charge < -0.3 is 4.42 Å². The lowest BCUT2D eigenvalue weighted by molar-refractivity contribution is -0.112. The van der Waals surface area contributed by atoms with Gasteiger partial charge in [0.2, 0.25) is 0 Å². The van der Waals surface area contributed by atoms with Crippen molar-refractivity contribution in [1.29, 1.82) is 0 Å². The highest BCUT2D eigenvalue weighted by Crippen LogP contribution is 2.16. The third-order valence-electron chi connectivity index (χ3n) is 2.60. The molecule has 0 atom stereocenters. The zero-order valence-electron chi connectivity index (χ0n) is 9.85. The summed E-state index contributed by atoms with van der Waals surface area (Å²) in [6.45, 7) is 2.44. The zero-order chi connectivity index (χ0) is 13.1. The number of hydrogen-bond acceptors (Lipinski definition) is 3. The molecule has 0 aliphatic rings. The highest BCUT2D eigenvalue weighted by atomic mass is 35.5. The molecule has 94 valence electrons. The summed E-state index contributed by atoms with van der Waals surface area (Å²) in [7, 11) is 0. The Morgan fingerprint density at radius 1 is 1.50 bits per heavy atom. The number of allylic oxidation sites excluding steroid dienone is 1. The number of alkyl halides is 1. The van der Waals surface area contributed by atoms with Crippen LogP contribution in [0.4, 0.5) is 0 Å². The van der Waals surface area contributed by atoms with Crippen molar-refractivity contribution >= 4 is 34.6 Å². The van der Waals surface area contributed by atoms with Crippen molar-refractivity contribution in [2.45, 2.75) is 13.5 Å². The van der Waals surface area contributed by atoms with E-state index >= 15 is 0 Å². The van der Waals surface area contributed by atoms with E-state index in [-0.39, 0.29) is 17.4 Å². The Labute approximate surface area is 108 Å². The number of halogens is 1. The minimum absolute atomic E-state index is 0.0416. The highest BCUT2D eigenvalue weighted by Gasteiger charge is 2.07. The third kappa shape index (κ3) is 2.38. The molecule has 0 N–H and O–H groups in total. The van der Waals surface area contributed by atoms with E-state index in [4.69, 9.17) is 16.0 Å².